The minimum absolute atomic E-state index is 0.260. The van der Waals surface area contributed by atoms with E-state index in [4.69, 9.17) is 4.74 Å². The van der Waals surface area contributed by atoms with E-state index in [9.17, 15) is 4.39 Å². The Bertz CT molecular complexity index is 490. The van der Waals surface area contributed by atoms with E-state index in [0.717, 1.165) is 10.2 Å². The molecule has 16 heavy (non-hydrogen) atoms. The Balaban J connectivity index is 2.05. The Hall–Kier alpha value is -1.42. The van der Waals surface area contributed by atoms with E-state index < -0.39 is 0 Å². The largest absolute Gasteiger partial charge is 0.486 e. The molecule has 1 heterocycles. The molecule has 4 heteroatoms. The van der Waals surface area contributed by atoms with Crippen LogP contribution in [0.1, 0.15) is 5.56 Å². The predicted molar refractivity (Wildman–Crippen MR) is 62.7 cm³/mol. The molecule has 0 spiro atoms. The lowest BCUT2D eigenvalue weighted by Gasteiger charge is -2.06. The van der Waals surface area contributed by atoms with Gasteiger partial charge in [0.05, 0.1) is 0 Å². The van der Waals surface area contributed by atoms with Crippen LogP contribution in [0.3, 0.4) is 0 Å². The molecule has 82 valence electrons. The molecule has 0 aliphatic heterocycles. The zero-order valence-corrected chi connectivity index (χ0v) is 9.95. The van der Waals surface area contributed by atoms with Gasteiger partial charge in [-0.25, -0.2) is 9.37 Å². The van der Waals surface area contributed by atoms with E-state index >= 15 is 0 Å². The van der Waals surface area contributed by atoms with Crippen molar-refractivity contribution >= 4 is 15.9 Å². The van der Waals surface area contributed by atoms with Crippen molar-refractivity contribution in [1.82, 2.24) is 4.98 Å². The highest BCUT2D eigenvalue weighted by Crippen LogP contribution is 2.17. The Morgan fingerprint density at radius 1 is 1.25 bits per heavy atom. The molecule has 0 bridgehead atoms. The number of hydrogen-bond acceptors (Lipinski definition) is 2. The summed E-state index contributed by atoms with van der Waals surface area (Å²) in [6.07, 6.45) is 1.67. The number of para-hydroxylation sites is 1. The Morgan fingerprint density at radius 2 is 2.06 bits per heavy atom. The molecule has 0 aliphatic rings. The molecular weight excluding hydrogens is 273 g/mol. The van der Waals surface area contributed by atoms with Crippen molar-refractivity contribution in [2.75, 3.05) is 0 Å². The molecule has 2 aromatic rings. The average Bonchev–Trinajstić information content (AvgIpc) is 2.28. The first-order valence-electron chi connectivity index (χ1n) is 4.73. The summed E-state index contributed by atoms with van der Waals surface area (Å²) < 4.78 is 19.3. The minimum atomic E-state index is -0.351. The van der Waals surface area contributed by atoms with Crippen molar-refractivity contribution in [1.29, 1.82) is 0 Å². The third-order valence-electron chi connectivity index (χ3n) is 2.02. The maximum Gasteiger partial charge on any atom is 0.165 e. The number of ether oxygens (including phenoxy) is 1. The van der Waals surface area contributed by atoms with Crippen LogP contribution in [0.25, 0.3) is 0 Å². The van der Waals surface area contributed by atoms with Gasteiger partial charge >= 0.3 is 0 Å². The number of nitrogens with zero attached hydrogens (tertiary/aromatic N) is 1. The lowest BCUT2D eigenvalue weighted by molar-refractivity contribution is 0.290. The molecular formula is C12H9BrFNO. The second-order valence-electron chi connectivity index (χ2n) is 3.21. The molecule has 0 atom stereocenters. The Kier molecular flexibility index (Phi) is 3.51. The zero-order valence-electron chi connectivity index (χ0n) is 8.36. The predicted octanol–water partition coefficient (Wildman–Crippen LogP) is 3.56. The van der Waals surface area contributed by atoms with Crippen LogP contribution in [0.15, 0.2) is 47.2 Å². The highest BCUT2D eigenvalue weighted by Gasteiger charge is 2.02. The maximum absolute atomic E-state index is 13.2. The third-order valence-corrected chi connectivity index (χ3v) is 2.46. The first-order chi connectivity index (χ1) is 7.75. The summed E-state index contributed by atoms with van der Waals surface area (Å²) in [5.74, 6) is -0.0916. The van der Waals surface area contributed by atoms with Crippen molar-refractivity contribution in [3.8, 4) is 5.75 Å². The van der Waals surface area contributed by atoms with Gasteiger partial charge in [-0.15, -0.1) is 0 Å². The molecule has 0 saturated carbocycles. The summed E-state index contributed by atoms with van der Waals surface area (Å²) in [6.45, 7) is 0.321. The van der Waals surface area contributed by atoms with Crippen molar-refractivity contribution in [3.05, 3.63) is 58.6 Å². The fourth-order valence-electron chi connectivity index (χ4n) is 1.26. The lowest BCUT2D eigenvalue weighted by atomic mass is 10.3. The zero-order chi connectivity index (χ0) is 11.4. The van der Waals surface area contributed by atoms with E-state index in [1.54, 1.807) is 24.4 Å². The maximum atomic E-state index is 13.2. The second-order valence-corrected chi connectivity index (χ2v) is 4.02. The fourth-order valence-corrected chi connectivity index (χ4v) is 1.67. The van der Waals surface area contributed by atoms with Gasteiger partial charge in [-0.1, -0.05) is 12.1 Å². The highest BCUT2D eigenvalue weighted by molar-refractivity contribution is 9.10. The number of aromatic nitrogens is 1. The molecule has 2 rings (SSSR count). The van der Waals surface area contributed by atoms with Gasteiger partial charge in [0.15, 0.2) is 11.6 Å². The van der Waals surface area contributed by atoms with Crippen molar-refractivity contribution < 1.29 is 9.13 Å². The van der Waals surface area contributed by atoms with E-state index in [1.807, 2.05) is 12.1 Å². The van der Waals surface area contributed by atoms with Gasteiger partial charge in [0.2, 0.25) is 0 Å². The summed E-state index contributed by atoms with van der Waals surface area (Å²) in [4.78, 5) is 4.00. The van der Waals surface area contributed by atoms with Crippen LogP contribution in [0, 0.1) is 5.82 Å². The molecule has 0 radical (unpaired) electrons. The summed E-state index contributed by atoms with van der Waals surface area (Å²) in [5.41, 5.74) is 0.935. The van der Waals surface area contributed by atoms with Gasteiger partial charge in [0, 0.05) is 6.20 Å². The molecule has 0 aliphatic carbocycles. The lowest BCUT2D eigenvalue weighted by Crippen LogP contribution is -1.97. The van der Waals surface area contributed by atoms with Crippen LogP contribution in [-0.2, 0) is 6.61 Å². The average molecular weight is 282 g/mol. The number of rotatable bonds is 3. The first kappa shape index (κ1) is 11.1. The van der Waals surface area contributed by atoms with Crippen LogP contribution in [0.2, 0.25) is 0 Å². The molecule has 0 N–H and O–H groups in total. The van der Waals surface area contributed by atoms with Crippen LogP contribution in [0.5, 0.6) is 5.75 Å². The topological polar surface area (TPSA) is 22.1 Å². The van der Waals surface area contributed by atoms with Crippen LogP contribution in [-0.4, -0.2) is 4.98 Å². The Morgan fingerprint density at radius 3 is 2.81 bits per heavy atom. The third kappa shape index (κ3) is 2.79. The number of halogens is 2. The molecule has 2 nitrogen and oxygen atoms in total. The number of benzene rings is 1. The van der Waals surface area contributed by atoms with Gasteiger partial charge in [0.1, 0.15) is 11.2 Å². The molecule has 0 unspecified atom stereocenters. The second kappa shape index (κ2) is 5.07. The van der Waals surface area contributed by atoms with Crippen LogP contribution < -0.4 is 4.74 Å². The van der Waals surface area contributed by atoms with Crippen LogP contribution >= 0.6 is 15.9 Å². The van der Waals surface area contributed by atoms with Gasteiger partial charge in [0.25, 0.3) is 0 Å². The SMILES string of the molecule is Fc1ccccc1OCc1ccnc(Br)c1. The van der Waals surface area contributed by atoms with Crippen molar-refractivity contribution in [3.63, 3.8) is 0 Å². The number of hydrogen-bond donors (Lipinski definition) is 0. The van der Waals surface area contributed by atoms with E-state index in [1.165, 1.54) is 6.07 Å². The van der Waals surface area contributed by atoms with E-state index in [2.05, 4.69) is 20.9 Å². The number of pyridine rings is 1. The van der Waals surface area contributed by atoms with Gasteiger partial charge in [-0.2, -0.15) is 0 Å². The van der Waals surface area contributed by atoms with E-state index in [-0.39, 0.29) is 11.6 Å². The molecule has 0 fully saturated rings. The quantitative estimate of drug-likeness (QED) is 0.803. The summed E-state index contributed by atoms with van der Waals surface area (Å²) in [6, 6.07) is 10.0. The fraction of sp³-hybridized carbons (Fsp3) is 0.0833. The monoisotopic (exact) mass is 281 g/mol. The summed E-state index contributed by atoms with van der Waals surface area (Å²) in [5, 5.41) is 0. The van der Waals surface area contributed by atoms with Gasteiger partial charge in [-0.3, -0.25) is 0 Å². The van der Waals surface area contributed by atoms with Gasteiger partial charge in [-0.05, 0) is 45.8 Å². The first-order valence-corrected chi connectivity index (χ1v) is 5.53. The minimum Gasteiger partial charge on any atom is -0.486 e. The Labute approximate surface area is 101 Å². The smallest absolute Gasteiger partial charge is 0.165 e. The van der Waals surface area contributed by atoms with Crippen LogP contribution in [0.4, 0.5) is 4.39 Å². The highest BCUT2D eigenvalue weighted by atomic mass is 79.9. The molecule has 1 aromatic carbocycles. The molecule has 0 saturated heterocycles. The summed E-state index contributed by atoms with van der Waals surface area (Å²) in [7, 11) is 0. The van der Waals surface area contributed by atoms with E-state index in [0.29, 0.717) is 6.61 Å². The summed E-state index contributed by atoms with van der Waals surface area (Å²) >= 11 is 3.26. The van der Waals surface area contributed by atoms with Gasteiger partial charge < -0.3 is 4.74 Å². The molecule has 0 amide bonds. The standard InChI is InChI=1S/C12H9BrFNO/c13-12-7-9(5-6-15-12)8-16-11-4-2-1-3-10(11)14/h1-7H,8H2. The van der Waals surface area contributed by atoms with Crippen molar-refractivity contribution in [2.45, 2.75) is 6.61 Å². The normalized spacial score (nSPS) is 10.1. The molecule has 1 aromatic heterocycles. The van der Waals surface area contributed by atoms with Crippen molar-refractivity contribution in [2.24, 2.45) is 0 Å².